The van der Waals surface area contributed by atoms with Crippen LogP contribution in [0.1, 0.15) is 57.4 Å². The maximum atomic E-state index is 14.1. The molecule has 3 aliphatic heterocycles. The van der Waals surface area contributed by atoms with Gasteiger partial charge in [-0.05, 0) is 66.8 Å². The van der Waals surface area contributed by atoms with Crippen molar-refractivity contribution in [3.05, 3.63) is 99.9 Å². The molecule has 0 amide bonds. The van der Waals surface area contributed by atoms with E-state index in [0.717, 1.165) is 72.7 Å². The number of fused-ring (bicyclic) bond motifs is 2. The first-order chi connectivity index (χ1) is 17.1. The van der Waals surface area contributed by atoms with Gasteiger partial charge in [-0.2, -0.15) is 0 Å². The molecule has 1 saturated heterocycles. The summed E-state index contributed by atoms with van der Waals surface area (Å²) in [6.07, 6.45) is 3.52. The summed E-state index contributed by atoms with van der Waals surface area (Å²) in [5.74, 6) is 1.28. The molecule has 0 aliphatic carbocycles. The second-order valence-corrected chi connectivity index (χ2v) is 9.92. The molecule has 5 heteroatoms. The minimum absolute atomic E-state index is 0.155. The fourth-order valence-corrected chi connectivity index (χ4v) is 5.65. The van der Waals surface area contributed by atoms with Crippen molar-refractivity contribution in [2.45, 2.75) is 38.8 Å². The molecule has 0 spiro atoms. The normalized spacial score (nSPS) is 19.1. The molecule has 4 nitrogen and oxygen atoms in total. The van der Waals surface area contributed by atoms with Crippen molar-refractivity contribution >= 4 is 11.5 Å². The van der Waals surface area contributed by atoms with Gasteiger partial charge in [0.1, 0.15) is 11.6 Å². The topological polar surface area (TPSA) is 41.9 Å². The number of carbonyl (C=O) groups excluding carboxylic acids is 1. The van der Waals surface area contributed by atoms with Gasteiger partial charge in [0.25, 0.3) is 0 Å². The van der Waals surface area contributed by atoms with E-state index >= 15 is 0 Å². The van der Waals surface area contributed by atoms with Crippen molar-refractivity contribution in [2.24, 2.45) is 10.9 Å². The third-order valence-electron chi connectivity index (χ3n) is 7.49. The van der Waals surface area contributed by atoms with Gasteiger partial charge in [0.2, 0.25) is 0 Å². The van der Waals surface area contributed by atoms with Crippen LogP contribution in [-0.2, 0) is 19.5 Å². The lowest BCUT2D eigenvalue weighted by molar-refractivity contribution is 0.0912. The van der Waals surface area contributed by atoms with Crippen LogP contribution in [-0.4, -0.2) is 36.1 Å². The van der Waals surface area contributed by atoms with E-state index in [2.05, 4.69) is 23.1 Å². The molecule has 3 aromatic carbocycles. The Morgan fingerprint density at radius 2 is 2.00 bits per heavy atom. The molecule has 0 N–H and O–H groups in total. The molecule has 3 aromatic rings. The molecule has 0 aromatic heterocycles. The predicted octanol–water partition coefficient (Wildman–Crippen LogP) is 5.60. The Morgan fingerprint density at radius 1 is 1.09 bits per heavy atom. The van der Waals surface area contributed by atoms with Gasteiger partial charge < -0.3 is 4.74 Å². The van der Waals surface area contributed by atoms with Gasteiger partial charge in [0.15, 0.2) is 5.78 Å². The number of benzene rings is 3. The van der Waals surface area contributed by atoms with Gasteiger partial charge in [-0.3, -0.25) is 14.7 Å². The predicted molar refractivity (Wildman–Crippen MR) is 135 cm³/mol. The smallest absolute Gasteiger partial charge is 0.163 e. The third kappa shape index (κ3) is 4.53. The molecule has 1 atom stereocenters. The summed E-state index contributed by atoms with van der Waals surface area (Å²) in [5.41, 5.74) is 7.01. The van der Waals surface area contributed by atoms with Gasteiger partial charge in [-0.1, -0.05) is 30.3 Å². The zero-order valence-corrected chi connectivity index (χ0v) is 19.8. The van der Waals surface area contributed by atoms with E-state index in [4.69, 9.17) is 9.73 Å². The molecule has 35 heavy (non-hydrogen) atoms. The number of aliphatic imine (C=N–C) groups is 1. The SMILES string of the molecule is O=C(CC1CCCN(Cc2ccccc2F)C1)c1ccc2c(c1)C(c1ccc3c(c1)CCO3)=NC2. The van der Waals surface area contributed by atoms with Crippen molar-refractivity contribution in [2.75, 3.05) is 19.7 Å². The lowest BCUT2D eigenvalue weighted by Gasteiger charge is -2.32. The molecule has 3 heterocycles. The van der Waals surface area contributed by atoms with Crippen LogP contribution in [0.15, 0.2) is 65.7 Å². The number of piperidine rings is 1. The number of likely N-dealkylation sites (tertiary alicyclic amines) is 1. The summed E-state index contributed by atoms with van der Waals surface area (Å²) >= 11 is 0. The highest BCUT2D eigenvalue weighted by Gasteiger charge is 2.25. The maximum Gasteiger partial charge on any atom is 0.163 e. The molecular formula is C30H29FN2O2. The summed E-state index contributed by atoms with van der Waals surface area (Å²) in [6, 6.07) is 19.3. The summed E-state index contributed by atoms with van der Waals surface area (Å²) in [4.78, 5) is 20.4. The Bertz CT molecular complexity index is 1320. The van der Waals surface area contributed by atoms with Crippen LogP contribution in [0.2, 0.25) is 0 Å². The second kappa shape index (κ2) is 9.38. The van der Waals surface area contributed by atoms with Crippen LogP contribution in [0.25, 0.3) is 0 Å². The number of halogens is 1. The lowest BCUT2D eigenvalue weighted by Crippen LogP contribution is -2.36. The average Bonchev–Trinajstić information content (AvgIpc) is 3.51. The second-order valence-electron chi connectivity index (χ2n) is 9.92. The lowest BCUT2D eigenvalue weighted by atomic mass is 9.89. The highest BCUT2D eigenvalue weighted by molar-refractivity contribution is 6.16. The average molecular weight is 469 g/mol. The summed E-state index contributed by atoms with van der Waals surface area (Å²) in [5, 5.41) is 0. The Kier molecular flexibility index (Phi) is 5.95. The fraction of sp³-hybridized carbons (Fsp3) is 0.333. The van der Waals surface area contributed by atoms with Crippen LogP contribution >= 0.6 is 0 Å². The Hall–Kier alpha value is -3.31. The van der Waals surface area contributed by atoms with E-state index in [-0.39, 0.29) is 11.6 Å². The molecule has 3 aliphatic rings. The fourth-order valence-electron chi connectivity index (χ4n) is 5.65. The van der Waals surface area contributed by atoms with Gasteiger partial charge in [0.05, 0.1) is 18.9 Å². The van der Waals surface area contributed by atoms with Crippen molar-refractivity contribution in [1.29, 1.82) is 0 Å². The molecule has 0 radical (unpaired) electrons. The minimum atomic E-state index is -0.155. The van der Waals surface area contributed by atoms with Crippen molar-refractivity contribution in [3.63, 3.8) is 0 Å². The molecule has 0 bridgehead atoms. The number of hydrogen-bond donors (Lipinski definition) is 0. The number of rotatable bonds is 6. The molecule has 6 rings (SSSR count). The number of ether oxygens (including phenoxy) is 1. The van der Waals surface area contributed by atoms with Gasteiger partial charge in [-0.25, -0.2) is 4.39 Å². The van der Waals surface area contributed by atoms with Crippen LogP contribution in [0, 0.1) is 11.7 Å². The molecule has 1 fully saturated rings. The van der Waals surface area contributed by atoms with E-state index in [1.165, 1.54) is 17.2 Å². The largest absolute Gasteiger partial charge is 0.493 e. The quantitative estimate of drug-likeness (QED) is 0.443. The number of hydrogen-bond acceptors (Lipinski definition) is 4. The first kappa shape index (κ1) is 22.2. The molecule has 0 saturated carbocycles. The van der Waals surface area contributed by atoms with Gasteiger partial charge in [-0.15, -0.1) is 0 Å². The monoisotopic (exact) mass is 468 g/mol. The van der Waals surface area contributed by atoms with Gasteiger partial charge >= 0.3 is 0 Å². The highest BCUT2D eigenvalue weighted by Crippen LogP contribution is 2.31. The van der Waals surface area contributed by atoms with Crippen molar-refractivity contribution in [3.8, 4) is 5.75 Å². The first-order valence-electron chi connectivity index (χ1n) is 12.6. The summed E-state index contributed by atoms with van der Waals surface area (Å²) in [6.45, 7) is 3.76. The number of Topliss-reactive ketones (excluding diaryl/α,β-unsaturated/α-hetero) is 1. The van der Waals surface area contributed by atoms with Crippen LogP contribution in [0.5, 0.6) is 5.75 Å². The Labute approximate surface area is 205 Å². The Balaban J connectivity index is 1.15. The molecule has 1 unspecified atom stereocenters. The summed E-state index contributed by atoms with van der Waals surface area (Å²) < 4.78 is 19.8. The van der Waals surface area contributed by atoms with E-state index in [9.17, 15) is 9.18 Å². The van der Waals surface area contributed by atoms with Crippen molar-refractivity contribution < 1.29 is 13.9 Å². The Morgan fingerprint density at radius 3 is 2.91 bits per heavy atom. The minimum Gasteiger partial charge on any atom is -0.493 e. The van der Waals surface area contributed by atoms with E-state index in [1.54, 1.807) is 6.07 Å². The zero-order chi connectivity index (χ0) is 23.8. The van der Waals surface area contributed by atoms with E-state index < -0.39 is 0 Å². The number of carbonyl (C=O) groups is 1. The van der Waals surface area contributed by atoms with Crippen LogP contribution < -0.4 is 4.74 Å². The molecular weight excluding hydrogens is 439 g/mol. The number of ketones is 1. The standard InChI is InChI=1S/C30H29FN2O2/c31-27-6-2-1-5-25(27)19-33-12-3-4-20(18-33)14-28(34)21-7-8-24-17-32-30(26(24)16-21)23-9-10-29-22(15-23)11-13-35-29/h1-2,5-10,15-16,20H,3-4,11-14,17-19H2. The third-order valence-corrected chi connectivity index (χ3v) is 7.49. The first-order valence-corrected chi connectivity index (χ1v) is 12.6. The van der Waals surface area contributed by atoms with Gasteiger partial charge in [0, 0.05) is 48.2 Å². The van der Waals surface area contributed by atoms with E-state index in [1.807, 2.05) is 30.3 Å². The number of nitrogens with zero attached hydrogens (tertiary/aromatic N) is 2. The molecule has 178 valence electrons. The van der Waals surface area contributed by atoms with Crippen molar-refractivity contribution in [1.82, 2.24) is 4.90 Å². The zero-order valence-electron chi connectivity index (χ0n) is 19.8. The van der Waals surface area contributed by atoms with Crippen LogP contribution in [0.4, 0.5) is 4.39 Å². The maximum absolute atomic E-state index is 14.1. The highest BCUT2D eigenvalue weighted by atomic mass is 19.1. The van der Waals surface area contributed by atoms with Crippen LogP contribution in [0.3, 0.4) is 0 Å². The van der Waals surface area contributed by atoms with E-state index in [0.29, 0.717) is 25.4 Å². The summed E-state index contributed by atoms with van der Waals surface area (Å²) in [7, 11) is 0.